The van der Waals surface area contributed by atoms with E-state index in [2.05, 4.69) is 10.6 Å². The average Bonchev–Trinajstić information content (AvgIpc) is 3.05. The van der Waals surface area contributed by atoms with Gasteiger partial charge in [-0.15, -0.1) is 0 Å². The fraction of sp³-hybridized carbons (Fsp3) is 0.524. The maximum Gasteiger partial charge on any atom is 0.319 e. The second-order valence-electron chi connectivity index (χ2n) is 9.05. The van der Waals surface area contributed by atoms with E-state index >= 15 is 0 Å². The van der Waals surface area contributed by atoms with Crippen molar-refractivity contribution in [3.8, 4) is 0 Å². The van der Waals surface area contributed by atoms with Crippen LogP contribution in [0, 0.1) is 17.0 Å². The molecule has 0 unspecified atom stereocenters. The monoisotopic (exact) mass is 453 g/mol. The molecule has 2 atom stereocenters. The molecule has 176 valence electrons. The number of carbonyl (C=O) groups excluding carboxylic acids is 4. The maximum absolute atomic E-state index is 13.8. The number of hydrogen-bond acceptors (Lipinski definition) is 4. The first-order valence-corrected chi connectivity index (χ1v) is 10.1. The molecule has 1 aromatic rings. The molecule has 0 aromatic heterocycles. The van der Waals surface area contributed by atoms with Gasteiger partial charge in [-0.2, -0.15) is 0 Å². The maximum atomic E-state index is 13.8. The molecule has 32 heavy (non-hydrogen) atoms. The van der Waals surface area contributed by atoms with Crippen LogP contribution in [-0.2, 0) is 14.4 Å². The van der Waals surface area contributed by atoms with Gasteiger partial charge in [0.15, 0.2) is 0 Å². The number of rotatable bonds is 6. The Balaban J connectivity index is 2.20. The zero-order chi connectivity index (χ0) is 24.2. The van der Waals surface area contributed by atoms with Gasteiger partial charge in [0.05, 0.1) is 18.3 Å². The molecule has 1 heterocycles. The summed E-state index contributed by atoms with van der Waals surface area (Å²) in [6.07, 6.45) is 0.450. The summed E-state index contributed by atoms with van der Waals surface area (Å²) in [6, 6.07) is 0.0286. The number of nitrogens with two attached hydrogens (primary N) is 1. The lowest BCUT2D eigenvalue weighted by Crippen LogP contribution is -2.56. The van der Waals surface area contributed by atoms with Crippen molar-refractivity contribution >= 4 is 29.4 Å². The van der Waals surface area contributed by atoms with E-state index in [0.717, 1.165) is 17.0 Å². The van der Waals surface area contributed by atoms with Crippen LogP contribution in [0.25, 0.3) is 0 Å². The molecule has 1 saturated heterocycles. The molecule has 0 aliphatic carbocycles. The predicted octanol–water partition coefficient (Wildman–Crippen LogP) is 1.44. The van der Waals surface area contributed by atoms with Crippen LogP contribution in [0.3, 0.4) is 0 Å². The van der Waals surface area contributed by atoms with E-state index in [4.69, 9.17) is 5.73 Å². The molecule has 1 aliphatic rings. The first-order valence-electron chi connectivity index (χ1n) is 10.1. The van der Waals surface area contributed by atoms with Crippen molar-refractivity contribution < 1.29 is 28.0 Å². The first-order chi connectivity index (χ1) is 14.8. The van der Waals surface area contributed by atoms with Gasteiger partial charge in [0.25, 0.3) is 0 Å². The smallest absolute Gasteiger partial charge is 0.319 e. The summed E-state index contributed by atoms with van der Waals surface area (Å²) < 4.78 is 26.9. The van der Waals surface area contributed by atoms with Gasteiger partial charge in [-0.1, -0.05) is 20.8 Å². The lowest BCUT2D eigenvalue weighted by atomic mass is 9.91. The van der Waals surface area contributed by atoms with Crippen molar-refractivity contribution in [3.63, 3.8) is 0 Å². The Kier molecular flexibility index (Phi) is 7.76. The molecule has 0 bridgehead atoms. The molecular formula is C21H29F2N5O4. The molecule has 1 aliphatic heterocycles. The van der Waals surface area contributed by atoms with Gasteiger partial charge >= 0.3 is 6.03 Å². The van der Waals surface area contributed by atoms with E-state index in [1.54, 1.807) is 0 Å². The largest absolute Gasteiger partial charge is 0.368 e. The van der Waals surface area contributed by atoms with Crippen LogP contribution >= 0.6 is 0 Å². The number of nitrogens with zero attached hydrogens (tertiary/aromatic N) is 2. The van der Waals surface area contributed by atoms with Crippen LogP contribution in [0.15, 0.2) is 18.2 Å². The van der Waals surface area contributed by atoms with Crippen LogP contribution < -0.4 is 16.4 Å². The Morgan fingerprint density at radius 3 is 2.44 bits per heavy atom. The minimum Gasteiger partial charge on any atom is -0.368 e. The number of nitrogens with one attached hydrogen (secondary N) is 2. The van der Waals surface area contributed by atoms with Crippen molar-refractivity contribution in [1.29, 1.82) is 0 Å². The number of benzene rings is 1. The number of primary amides is 1. The van der Waals surface area contributed by atoms with Gasteiger partial charge in [0, 0.05) is 26.1 Å². The molecule has 0 saturated carbocycles. The molecule has 2 rings (SSSR count). The third-order valence-electron chi connectivity index (χ3n) is 4.92. The normalized spacial score (nSPS) is 18.2. The highest BCUT2D eigenvalue weighted by atomic mass is 19.1. The topological polar surface area (TPSA) is 125 Å². The summed E-state index contributed by atoms with van der Waals surface area (Å²) >= 11 is 0. The van der Waals surface area contributed by atoms with Gasteiger partial charge in [0.2, 0.25) is 17.7 Å². The summed E-state index contributed by atoms with van der Waals surface area (Å²) in [5, 5.41) is 4.86. The van der Waals surface area contributed by atoms with Crippen molar-refractivity contribution in [3.05, 3.63) is 29.8 Å². The number of carbonyl (C=O) groups is 4. The molecule has 11 heteroatoms. The predicted molar refractivity (Wildman–Crippen MR) is 113 cm³/mol. The summed E-state index contributed by atoms with van der Waals surface area (Å²) in [6.45, 7) is 5.52. The number of amides is 5. The van der Waals surface area contributed by atoms with Crippen LogP contribution in [0.4, 0.5) is 19.3 Å². The van der Waals surface area contributed by atoms with Gasteiger partial charge in [-0.3, -0.25) is 14.4 Å². The SMILES string of the molecule is CN(CC(N)=O)C(=O)[C@@H]1[C@@H](NC(=O)Nc2ccc(F)cc2F)CCN1C(=O)CC(C)(C)C. The van der Waals surface area contributed by atoms with Gasteiger partial charge in [0.1, 0.15) is 17.7 Å². The fourth-order valence-corrected chi connectivity index (χ4v) is 3.54. The summed E-state index contributed by atoms with van der Waals surface area (Å²) in [5.41, 5.74) is 4.61. The van der Waals surface area contributed by atoms with E-state index in [-0.39, 0.29) is 42.9 Å². The van der Waals surface area contributed by atoms with E-state index < -0.39 is 41.6 Å². The minimum absolute atomic E-state index is 0.177. The highest BCUT2D eigenvalue weighted by Crippen LogP contribution is 2.26. The van der Waals surface area contributed by atoms with E-state index in [1.165, 1.54) is 11.9 Å². The van der Waals surface area contributed by atoms with Crippen molar-refractivity contribution in [2.24, 2.45) is 11.1 Å². The molecule has 9 nitrogen and oxygen atoms in total. The molecule has 4 N–H and O–H groups in total. The van der Waals surface area contributed by atoms with E-state index in [9.17, 15) is 28.0 Å². The lowest BCUT2D eigenvalue weighted by Gasteiger charge is -2.32. The third kappa shape index (κ3) is 6.63. The molecule has 0 radical (unpaired) electrons. The number of likely N-dealkylation sites (N-methyl/N-ethyl adjacent to an activating group) is 1. The van der Waals surface area contributed by atoms with Gasteiger partial charge in [-0.05, 0) is 24.0 Å². The lowest BCUT2D eigenvalue weighted by molar-refractivity contribution is -0.145. The molecule has 0 spiro atoms. The summed E-state index contributed by atoms with van der Waals surface area (Å²) in [7, 11) is 1.38. The molecular weight excluding hydrogens is 424 g/mol. The zero-order valence-corrected chi connectivity index (χ0v) is 18.6. The zero-order valence-electron chi connectivity index (χ0n) is 18.6. The summed E-state index contributed by atoms with van der Waals surface area (Å²) in [5.74, 6) is -3.29. The standard InChI is InChI=1S/C21H29F2N5O4/c1-21(2,3)10-17(30)28-8-7-15(18(28)19(31)27(4)11-16(24)29)26-20(32)25-14-6-5-12(22)9-13(14)23/h5-6,9,15,18H,7-8,10-11H2,1-4H3,(H2,24,29)(H2,25,26,32)/t15-,18-/m0/s1. The number of hydrogen-bond donors (Lipinski definition) is 3. The average molecular weight is 453 g/mol. The number of urea groups is 1. The van der Waals surface area contributed by atoms with Crippen LogP contribution in [0.1, 0.15) is 33.6 Å². The van der Waals surface area contributed by atoms with E-state index in [1.807, 2.05) is 20.8 Å². The third-order valence-corrected chi connectivity index (χ3v) is 4.92. The number of likely N-dealkylation sites (tertiary alicyclic amines) is 1. The van der Waals surface area contributed by atoms with Gasteiger partial charge in [-0.25, -0.2) is 13.6 Å². The van der Waals surface area contributed by atoms with Crippen LogP contribution in [-0.4, -0.2) is 65.8 Å². The fourth-order valence-electron chi connectivity index (χ4n) is 3.54. The van der Waals surface area contributed by atoms with Gasteiger partial charge < -0.3 is 26.2 Å². The first kappa shape index (κ1) is 25.0. The highest BCUT2D eigenvalue weighted by Gasteiger charge is 2.44. The number of anilines is 1. The van der Waals surface area contributed by atoms with Crippen molar-refractivity contribution in [2.75, 3.05) is 25.5 Å². The summed E-state index contributed by atoms with van der Waals surface area (Å²) in [4.78, 5) is 52.1. The quantitative estimate of drug-likeness (QED) is 0.603. The highest BCUT2D eigenvalue weighted by molar-refractivity contribution is 5.94. The van der Waals surface area contributed by atoms with Crippen molar-refractivity contribution in [1.82, 2.24) is 15.1 Å². The van der Waals surface area contributed by atoms with Crippen molar-refractivity contribution in [2.45, 2.75) is 45.7 Å². The molecule has 1 fully saturated rings. The Labute approximate surface area is 185 Å². The van der Waals surface area contributed by atoms with Crippen LogP contribution in [0.5, 0.6) is 0 Å². The molecule has 1 aromatic carbocycles. The Bertz CT molecular complexity index is 903. The second-order valence-corrected chi connectivity index (χ2v) is 9.05. The van der Waals surface area contributed by atoms with Crippen LogP contribution in [0.2, 0.25) is 0 Å². The Morgan fingerprint density at radius 2 is 1.88 bits per heavy atom. The number of halogens is 2. The van der Waals surface area contributed by atoms with E-state index in [0.29, 0.717) is 6.07 Å². The Morgan fingerprint density at radius 1 is 1.22 bits per heavy atom. The minimum atomic E-state index is -1.06. The Hall–Kier alpha value is -3.24. The molecule has 5 amide bonds. The second kappa shape index (κ2) is 9.92.